The Morgan fingerprint density at radius 2 is 2.12 bits per heavy atom. The van der Waals surface area contributed by atoms with Crippen molar-refractivity contribution in [3.8, 4) is 0 Å². The molecule has 0 saturated heterocycles. The Morgan fingerprint density at radius 1 is 1.41 bits per heavy atom. The van der Waals surface area contributed by atoms with E-state index in [1.54, 1.807) is 19.1 Å². The van der Waals surface area contributed by atoms with Gasteiger partial charge in [-0.05, 0) is 31.5 Å². The highest BCUT2D eigenvalue weighted by molar-refractivity contribution is 5.96. The molecule has 0 aliphatic rings. The first-order valence-electron chi connectivity index (χ1n) is 6.03. The zero-order valence-corrected chi connectivity index (χ0v) is 10.7. The topological polar surface area (TPSA) is 29.1 Å². The molecule has 17 heavy (non-hydrogen) atoms. The Morgan fingerprint density at radius 3 is 2.71 bits per heavy atom. The van der Waals surface area contributed by atoms with Crippen LogP contribution in [0, 0.1) is 12.7 Å². The molecule has 0 bridgehead atoms. The van der Waals surface area contributed by atoms with Gasteiger partial charge < -0.3 is 5.32 Å². The lowest BCUT2D eigenvalue weighted by molar-refractivity contribution is 0.0979. The quantitative estimate of drug-likeness (QED) is 0.608. The molecule has 1 aromatic rings. The van der Waals surface area contributed by atoms with Crippen LogP contribution < -0.4 is 5.32 Å². The number of benzene rings is 1. The normalized spacial score (nSPS) is 10.9. The molecule has 2 nitrogen and oxygen atoms in total. The molecule has 0 heterocycles. The van der Waals surface area contributed by atoms with Gasteiger partial charge in [0.2, 0.25) is 0 Å². The van der Waals surface area contributed by atoms with Crippen LogP contribution in [0.5, 0.6) is 0 Å². The van der Waals surface area contributed by atoms with E-state index in [0.29, 0.717) is 23.6 Å². The first-order valence-corrected chi connectivity index (χ1v) is 6.03. The Bertz CT molecular complexity index is 388. The molecule has 0 aliphatic carbocycles. The van der Waals surface area contributed by atoms with E-state index in [1.165, 1.54) is 6.07 Å². The molecule has 1 rings (SSSR count). The number of halogens is 1. The summed E-state index contributed by atoms with van der Waals surface area (Å²) in [6.07, 6.45) is 1.24. The molecular formula is C14H20FNO. The van der Waals surface area contributed by atoms with Crippen LogP contribution in [0.15, 0.2) is 18.2 Å². The van der Waals surface area contributed by atoms with Gasteiger partial charge >= 0.3 is 0 Å². The molecular weight excluding hydrogens is 217 g/mol. The van der Waals surface area contributed by atoms with Crippen molar-refractivity contribution in [3.63, 3.8) is 0 Å². The molecule has 0 aliphatic heterocycles. The molecule has 94 valence electrons. The van der Waals surface area contributed by atoms with Gasteiger partial charge in [0.05, 0.1) is 0 Å². The highest BCUT2D eigenvalue weighted by Crippen LogP contribution is 2.11. The van der Waals surface area contributed by atoms with E-state index in [4.69, 9.17) is 0 Å². The zero-order valence-electron chi connectivity index (χ0n) is 10.7. The summed E-state index contributed by atoms with van der Waals surface area (Å²) in [6.45, 7) is 6.64. The van der Waals surface area contributed by atoms with E-state index in [0.717, 1.165) is 13.0 Å². The molecule has 0 spiro atoms. The molecule has 0 radical (unpaired) electrons. The Balaban J connectivity index is 2.44. The molecule has 0 unspecified atom stereocenters. The second-order valence-electron chi connectivity index (χ2n) is 4.60. The van der Waals surface area contributed by atoms with E-state index in [-0.39, 0.29) is 11.6 Å². The number of carbonyl (C=O) groups is 1. The van der Waals surface area contributed by atoms with Crippen LogP contribution in [0.1, 0.15) is 42.6 Å². The van der Waals surface area contributed by atoms with Gasteiger partial charge in [0, 0.05) is 18.0 Å². The highest BCUT2D eigenvalue weighted by Gasteiger charge is 2.07. The van der Waals surface area contributed by atoms with Gasteiger partial charge in [-0.3, -0.25) is 4.79 Å². The molecule has 0 fully saturated rings. The Labute approximate surface area is 102 Å². The second kappa shape index (κ2) is 6.50. The predicted molar refractivity (Wildman–Crippen MR) is 67.8 cm³/mol. The van der Waals surface area contributed by atoms with Crippen molar-refractivity contribution in [3.05, 3.63) is 35.1 Å². The number of carbonyl (C=O) groups excluding carboxylic acids is 1. The molecule has 0 aromatic heterocycles. The van der Waals surface area contributed by atoms with Crippen LogP contribution >= 0.6 is 0 Å². The number of aryl methyl sites for hydroxylation is 1. The fourth-order valence-electron chi connectivity index (χ4n) is 1.55. The van der Waals surface area contributed by atoms with Crippen molar-refractivity contribution < 1.29 is 9.18 Å². The summed E-state index contributed by atoms with van der Waals surface area (Å²) in [5.74, 6) is -0.300. The summed E-state index contributed by atoms with van der Waals surface area (Å²) < 4.78 is 13.3. The van der Waals surface area contributed by atoms with E-state index in [2.05, 4.69) is 19.2 Å². The van der Waals surface area contributed by atoms with Crippen LogP contribution in [0.25, 0.3) is 0 Å². The first-order chi connectivity index (χ1) is 8.00. The number of Topliss-reactive ketones (excluding diaryl/α,β-unsaturated/α-hetero) is 1. The summed E-state index contributed by atoms with van der Waals surface area (Å²) >= 11 is 0. The van der Waals surface area contributed by atoms with Crippen LogP contribution in [0.2, 0.25) is 0 Å². The summed E-state index contributed by atoms with van der Waals surface area (Å²) in [4.78, 5) is 11.8. The highest BCUT2D eigenvalue weighted by atomic mass is 19.1. The van der Waals surface area contributed by atoms with Crippen molar-refractivity contribution in [2.24, 2.45) is 0 Å². The fraction of sp³-hybridized carbons (Fsp3) is 0.500. The number of hydrogen-bond donors (Lipinski definition) is 1. The first kappa shape index (κ1) is 13.8. The lowest BCUT2D eigenvalue weighted by Gasteiger charge is -2.07. The minimum Gasteiger partial charge on any atom is -0.315 e. The second-order valence-corrected chi connectivity index (χ2v) is 4.60. The summed E-state index contributed by atoms with van der Waals surface area (Å²) in [5, 5.41) is 3.25. The van der Waals surface area contributed by atoms with Gasteiger partial charge in [-0.15, -0.1) is 0 Å². The Hall–Kier alpha value is -1.22. The maximum atomic E-state index is 13.3. The number of rotatable bonds is 6. The molecule has 1 N–H and O–H groups in total. The standard InChI is InChI=1S/C14H20FNO/c1-10(2)16-8-4-5-14(17)12-7-6-11(3)13(15)9-12/h6-7,9-10,16H,4-5,8H2,1-3H3. The van der Waals surface area contributed by atoms with Gasteiger partial charge in [-0.25, -0.2) is 4.39 Å². The van der Waals surface area contributed by atoms with Crippen LogP contribution in [-0.2, 0) is 0 Å². The summed E-state index contributed by atoms with van der Waals surface area (Å²) in [5.41, 5.74) is 1.04. The lowest BCUT2D eigenvalue weighted by Crippen LogP contribution is -2.24. The Kier molecular flexibility index (Phi) is 5.29. The largest absolute Gasteiger partial charge is 0.315 e. The number of hydrogen-bond acceptors (Lipinski definition) is 2. The third-order valence-corrected chi connectivity index (χ3v) is 2.63. The van der Waals surface area contributed by atoms with Crippen molar-refractivity contribution in [1.82, 2.24) is 5.32 Å². The van der Waals surface area contributed by atoms with Crippen LogP contribution in [0.4, 0.5) is 4.39 Å². The van der Waals surface area contributed by atoms with Gasteiger partial charge in [0.15, 0.2) is 5.78 Å². The molecule has 0 saturated carbocycles. The van der Waals surface area contributed by atoms with Crippen molar-refractivity contribution in [2.75, 3.05) is 6.54 Å². The van der Waals surface area contributed by atoms with Gasteiger partial charge in [-0.1, -0.05) is 26.0 Å². The lowest BCUT2D eigenvalue weighted by atomic mass is 10.0. The van der Waals surface area contributed by atoms with Gasteiger partial charge in [0.25, 0.3) is 0 Å². The van der Waals surface area contributed by atoms with Crippen molar-refractivity contribution >= 4 is 5.78 Å². The molecule has 3 heteroatoms. The number of ketones is 1. The third kappa shape index (κ3) is 4.65. The monoisotopic (exact) mass is 237 g/mol. The fourth-order valence-corrected chi connectivity index (χ4v) is 1.55. The maximum Gasteiger partial charge on any atom is 0.163 e. The summed E-state index contributed by atoms with van der Waals surface area (Å²) in [6, 6.07) is 5.10. The average Bonchev–Trinajstić information content (AvgIpc) is 2.27. The van der Waals surface area contributed by atoms with Crippen LogP contribution in [0.3, 0.4) is 0 Å². The van der Waals surface area contributed by atoms with Gasteiger partial charge in [0.1, 0.15) is 5.82 Å². The molecule has 0 atom stereocenters. The SMILES string of the molecule is Cc1ccc(C(=O)CCCNC(C)C)cc1F. The predicted octanol–water partition coefficient (Wildman–Crippen LogP) is 3.10. The van der Waals surface area contributed by atoms with Crippen molar-refractivity contribution in [2.45, 2.75) is 39.7 Å². The summed E-state index contributed by atoms with van der Waals surface area (Å²) in [7, 11) is 0. The van der Waals surface area contributed by atoms with Crippen LogP contribution in [-0.4, -0.2) is 18.4 Å². The van der Waals surface area contributed by atoms with Gasteiger partial charge in [-0.2, -0.15) is 0 Å². The zero-order chi connectivity index (χ0) is 12.8. The van der Waals surface area contributed by atoms with E-state index < -0.39 is 0 Å². The molecule has 1 aromatic carbocycles. The number of nitrogens with one attached hydrogen (secondary N) is 1. The van der Waals surface area contributed by atoms with E-state index >= 15 is 0 Å². The van der Waals surface area contributed by atoms with Crippen molar-refractivity contribution in [1.29, 1.82) is 0 Å². The third-order valence-electron chi connectivity index (χ3n) is 2.63. The average molecular weight is 237 g/mol. The minimum absolute atomic E-state index is 0.00876. The minimum atomic E-state index is -0.309. The molecule has 0 amide bonds. The van der Waals surface area contributed by atoms with E-state index in [1.807, 2.05) is 0 Å². The van der Waals surface area contributed by atoms with E-state index in [9.17, 15) is 9.18 Å². The smallest absolute Gasteiger partial charge is 0.163 e. The maximum absolute atomic E-state index is 13.3.